The Balaban J connectivity index is 2.19. The molecule has 0 heterocycles. The fourth-order valence-corrected chi connectivity index (χ4v) is 2.88. The minimum atomic E-state index is 0.237. The van der Waals surface area contributed by atoms with Crippen molar-refractivity contribution in [3.05, 3.63) is 68.8 Å². The van der Waals surface area contributed by atoms with Crippen LogP contribution in [0.5, 0.6) is 0 Å². The van der Waals surface area contributed by atoms with Crippen molar-refractivity contribution in [2.75, 3.05) is 20.8 Å². The molecule has 1 atom stereocenters. The van der Waals surface area contributed by atoms with Gasteiger partial charge in [-0.3, -0.25) is 0 Å². The van der Waals surface area contributed by atoms with Crippen LogP contribution in [0.2, 0.25) is 0 Å². The summed E-state index contributed by atoms with van der Waals surface area (Å²) in [6.45, 7) is 0.770. The van der Waals surface area contributed by atoms with E-state index in [1.54, 1.807) is 7.11 Å². The molecule has 106 valence electrons. The number of rotatable bonds is 6. The van der Waals surface area contributed by atoms with Gasteiger partial charge in [-0.25, -0.2) is 0 Å². The second-order valence-electron chi connectivity index (χ2n) is 4.76. The normalized spacial score (nSPS) is 12.3. The van der Waals surface area contributed by atoms with Crippen LogP contribution in [0.15, 0.2) is 48.5 Å². The molecule has 0 amide bonds. The maximum absolute atomic E-state index is 5.11. The Labute approximate surface area is 134 Å². The Kier molecular flexibility index (Phi) is 6.01. The molecule has 0 aromatic heterocycles. The summed E-state index contributed by atoms with van der Waals surface area (Å²) in [6, 6.07) is 17.6. The lowest BCUT2D eigenvalue weighted by atomic mass is 9.97. The molecular formula is C17H20INO. The third kappa shape index (κ3) is 4.04. The molecule has 20 heavy (non-hydrogen) atoms. The standard InChI is InChI=1S/C17H20INO/c1-19-17(15-4-3-5-16(18)12-15)14-8-6-13(7-9-14)10-11-20-2/h3-9,12,17,19H,10-11H2,1-2H3. The summed E-state index contributed by atoms with van der Waals surface area (Å²) in [5, 5.41) is 3.40. The van der Waals surface area contributed by atoms with Crippen molar-refractivity contribution in [3.8, 4) is 0 Å². The van der Waals surface area contributed by atoms with Crippen LogP contribution in [-0.4, -0.2) is 20.8 Å². The van der Waals surface area contributed by atoms with Gasteiger partial charge in [0.1, 0.15) is 0 Å². The zero-order valence-electron chi connectivity index (χ0n) is 11.9. The van der Waals surface area contributed by atoms with Crippen LogP contribution < -0.4 is 5.32 Å². The minimum Gasteiger partial charge on any atom is -0.384 e. The predicted octanol–water partition coefficient (Wildman–Crippen LogP) is 3.79. The van der Waals surface area contributed by atoms with E-state index in [2.05, 4.69) is 76.4 Å². The van der Waals surface area contributed by atoms with Crippen LogP contribution in [-0.2, 0) is 11.2 Å². The summed E-state index contributed by atoms with van der Waals surface area (Å²) < 4.78 is 6.38. The second kappa shape index (κ2) is 7.76. The molecule has 0 fully saturated rings. The topological polar surface area (TPSA) is 21.3 Å². The maximum Gasteiger partial charge on any atom is 0.0574 e. The zero-order chi connectivity index (χ0) is 14.4. The van der Waals surface area contributed by atoms with Gasteiger partial charge >= 0.3 is 0 Å². The van der Waals surface area contributed by atoms with Crippen LogP contribution in [0.4, 0.5) is 0 Å². The number of methoxy groups -OCH3 is 1. The Morgan fingerprint density at radius 3 is 2.45 bits per heavy atom. The summed E-state index contributed by atoms with van der Waals surface area (Å²) in [4.78, 5) is 0. The average molecular weight is 381 g/mol. The monoisotopic (exact) mass is 381 g/mol. The number of hydrogen-bond donors (Lipinski definition) is 1. The van der Waals surface area contributed by atoms with Gasteiger partial charge in [0.2, 0.25) is 0 Å². The van der Waals surface area contributed by atoms with Gasteiger partial charge in [-0.1, -0.05) is 36.4 Å². The van der Waals surface area contributed by atoms with Gasteiger partial charge in [0.05, 0.1) is 12.6 Å². The van der Waals surface area contributed by atoms with Gasteiger partial charge in [0.15, 0.2) is 0 Å². The Morgan fingerprint density at radius 1 is 1.10 bits per heavy atom. The molecule has 0 saturated carbocycles. The van der Waals surface area contributed by atoms with Crippen molar-refractivity contribution in [3.63, 3.8) is 0 Å². The molecule has 2 rings (SSSR count). The highest BCUT2D eigenvalue weighted by Crippen LogP contribution is 2.23. The van der Waals surface area contributed by atoms with Crippen molar-refractivity contribution in [2.45, 2.75) is 12.5 Å². The molecule has 0 aliphatic carbocycles. The summed E-state index contributed by atoms with van der Waals surface area (Å²) >= 11 is 2.35. The largest absolute Gasteiger partial charge is 0.384 e. The molecule has 2 nitrogen and oxygen atoms in total. The van der Waals surface area contributed by atoms with Gasteiger partial charge in [-0.15, -0.1) is 0 Å². The first-order valence-electron chi connectivity index (χ1n) is 6.75. The van der Waals surface area contributed by atoms with Crippen LogP contribution in [0.3, 0.4) is 0 Å². The van der Waals surface area contributed by atoms with Gasteiger partial charge < -0.3 is 10.1 Å². The molecular weight excluding hydrogens is 361 g/mol. The van der Waals surface area contributed by atoms with Gasteiger partial charge in [-0.2, -0.15) is 0 Å². The minimum absolute atomic E-state index is 0.237. The average Bonchev–Trinajstić information content (AvgIpc) is 2.47. The van der Waals surface area contributed by atoms with Crippen LogP contribution in [0, 0.1) is 3.57 Å². The molecule has 2 aromatic rings. The molecule has 0 radical (unpaired) electrons. The Hall–Kier alpha value is -0.910. The number of benzene rings is 2. The predicted molar refractivity (Wildman–Crippen MR) is 92.1 cm³/mol. The van der Waals surface area contributed by atoms with Crippen molar-refractivity contribution >= 4 is 22.6 Å². The second-order valence-corrected chi connectivity index (χ2v) is 6.01. The molecule has 0 bridgehead atoms. The molecule has 1 N–H and O–H groups in total. The molecule has 3 heteroatoms. The highest BCUT2D eigenvalue weighted by Gasteiger charge is 2.11. The summed E-state index contributed by atoms with van der Waals surface area (Å²) in [5.74, 6) is 0. The molecule has 0 aliphatic rings. The van der Waals surface area contributed by atoms with E-state index in [0.29, 0.717) is 0 Å². The van der Waals surface area contributed by atoms with Crippen molar-refractivity contribution in [1.82, 2.24) is 5.32 Å². The van der Waals surface area contributed by atoms with E-state index in [4.69, 9.17) is 4.74 Å². The highest BCUT2D eigenvalue weighted by molar-refractivity contribution is 14.1. The van der Waals surface area contributed by atoms with E-state index in [0.717, 1.165) is 13.0 Å². The first-order chi connectivity index (χ1) is 9.74. The van der Waals surface area contributed by atoms with Gasteiger partial charge in [-0.05, 0) is 64.9 Å². The lowest BCUT2D eigenvalue weighted by molar-refractivity contribution is 0.202. The van der Waals surface area contributed by atoms with E-state index in [1.165, 1.54) is 20.3 Å². The molecule has 0 spiro atoms. The summed E-state index contributed by atoms with van der Waals surface area (Å²) in [5.41, 5.74) is 3.90. The highest BCUT2D eigenvalue weighted by atomic mass is 127. The smallest absolute Gasteiger partial charge is 0.0574 e. The fourth-order valence-electron chi connectivity index (χ4n) is 2.31. The first kappa shape index (κ1) is 15.5. The van der Waals surface area contributed by atoms with Crippen LogP contribution >= 0.6 is 22.6 Å². The van der Waals surface area contributed by atoms with Crippen LogP contribution in [0.25, 0.3) is 0 Å². The van der Waals surface area contributed by atoms with E-state index in [9.17, 15) is 0 Å². The molecule has 0 aliphatic heterocycles. The quantitative estimate of drug-likeness (QED) is 0.769. The SMILES string of the molecule is CNC(c1ccc(CCOC)cc1)c1cccc(I)c1. The molecule has 1 unspecified atom stereocenters. The zero-order valence-corrected chi connectivity index (χ0v) is 14.1. The lowest BCUT2D eigenvalue weighted by Gasteiger charge is -2.18. The van der Waals surface area contributed by atoms with E-state index in [-0.39, 0.29) is 6.04 Å². The summed E-state index contributed by atoms with van der Waals surface area (Å²) in [6.07, 6.45) is 0.963. The number of nitrogens with one attached hydrogen (secondary N) is 1. The fraction of sp³-hybridized carbons (Fsp3) is 0.294. The van der Waals surface area contributed by atoms with E-state index >= 15 is 0 Å². The number of ether oxygens (including phenoxy) is 1. The maximum atomic E-state index is 5.11. The number of halogens is 1. The third-order valence-electron chi connectivity index (χ3n) is 3.38. The first-order valence-corrected chi connectivity index (χ1v) is 7.83. The molecule has 0 saturated heterocycles. The van der Waals surface area contributed by atoms with Crippen molar-refractivity contribution in [1.29, 1.82) is 0 Å². The third-order valence-corrected chi connectivity index (χ3v) is 4.05. The van der Waals surface area contributed by atoms with E-state index < -0.39 is 0 Å². The van der Waals surface area contributed by atoms with E-state index in [1.807, 2.05) is 7.05 Å². The Bertz CT molecular complexity index is 539. The number of hydrogen-bond acceptors (Lipinski definition) is 2. The van der Waals surface area contributed by atoms with Crippen molar-refractivity contribution < 1.29 is 4.74 Å². The van der Waals surface area contributed by atoms with Gasteiger partial charge in [0.25, 0.3) is 0 Å². The summed E-state index contributed by atoms with van der Waals surface area (Å²) in [7, 11) is 3.74. The Morgan fingerprint density at radius 2 is 1.85 bits per heavy atom. The lowest BCUT2D eigenvalue weighted by Crippen LogP contribution is -2.17. The molecule has 2 aromatic carbocycles. The van der Waals surface area contributed by atoms with Crippen LogP contribution in [0.1, 0.15) is 22.7 Å². The van der Waals surface area contributed by atoms with Gasteiger partial charge in [0, 0.05) is 10.7 Å². The van der Waals surface area contributed by atoms with Crippen molar-refractivity contribution in [2.24, 2.45) is 0 Å².